The Bertz CT molecular complexity index is 774. The molecule has 0 unspecified atom stereocenters. The molecule has 0 spiro atoms. The number of pyridine rings is 1. The lowest BCUT2D eigenvalue weighted by atomic mass is 10.2. The summed E-state index contributed by atoms with van der Waals surface area (Å²) < 4.78 is 3.21. The predicted molar refractivity (Wildman–Crippen MR) is 70.7 cm³/mol. The zero-order valence-electron chi connectivity index (χ0n) is 10.2. The zero-order chi connectivity index (χ0) is 13.2. The molecule has 0 aliphatic rings. The molecule has 0 fully saturated rings. The van der Waals surface area contributed by atoms with Gasteiger partial charge in [-0.3, -0.25) is 9.78 Å². The Morgan fingerprint density at radius 2 is 2.11 bits per heavy atom. The van der Waals surface area contributed by atoms with Crippen LogP contribution in [0.2, 0.25) is 0 Å². The average Bonchev–Trinajstić information content (AvgIpc) is 2.91. The van der Waals surface area contributed by atoms with E-state index in [2.05, 4.69) is 10.1 Å². The van der Waals surface area contributed by atoms with Gasteiger partial charge in [-0.1, -0.05) is 0 Å². The lowest BCUT2D eigenvalue weighted by molar-refractivity contribution is 0.740. The third-order valence-electron chi connectivity index (χ3n) is 2.98. The molecule has 0 saturated heterocycles. The van der Waals surface area contributed by atoms with E-state index in [4.69, 9.17) is 5.73 Å². The maximum Gasteiger partial charge on any atom is 0.276 e. The van der Waals surface area contributed by atoms with Crippen LogP contribution in [0, 0.1) is 0 Å². The smallest absolute Gasteiger partial charge is 0.276 e. The first kappa shape index (κ1) is 11.6. The lowest BCUT2D eigenvalue weighted by Crippen LogP contribution is -2.22. The topological polar surface area (TPSA) is 78.2 Å². The molecule has 19 heavy (non-hydrogen) atoms. The fourth-order valence-corrected chi connectivity index (χ4v) is 2.02. The van der Waals surface area contributed by atoms with Gasteiger partial charge < -0.3 is 10.3 Å². The van der Waals surface area contributed by atoms with Crippen molar-refractivity contribution in [2.45, 2.75) is 13.1 Å². The van der Waals surface area contributed by atoms with E-state index in [1.165, 1.54) is 0 Å². The highest BCUT2D eigenvalue weighted by Crippen LogP contribution is 2.04. The highest BCUT2D eigenvalue weighted by atomic mass is 16.1. The van der Waals surface area contributed by atoms with Crippen LogP contribution in [0.3, 0.4) is 0 Å². The molecular weight excluding hydrogens is 242 g/mol. The van der Waals surface area contributed by atoms with E-state index in [-0.39, 0.29) is 5.56 Å². The van der Waals surface area contributed by atoms with Crippen LogP contribution >= 0.6 is 0 Å². The number of hydrogen-bond donors (Lipinski definition) is 1. The molecule has 3 aromatic rings. The Labute approximate surface area is 109 Å². The van der Waals surface area contributed by atoms with Crippen molar-refractivity contribution in [3.8, 4) is 0 Å². The fraction of sp³-hybridized carbons (Fsp3) is 0.154. The summed E-state index contributed by atoms with van der Waals surface area (Å²) in [5.74, 6) is 0. The van der Waals surface area contributed by atoms with Gasteiger partial charge in [-0.05, 0) is 23.8 Å². The van der Waals surface area contributed by atoms with Gasteiger partial charge in [-0.2, -0.15) is 5.10 Å². The van der Waals surface area contributed by atoms with Crippen LogP contribution in [0.5, 0.6) is 0 Å². The Balaban J connectivity index is 2.00. The molecule has 3 heterocycles. The van der Waals surface area contributed by atoms with Gasteiger partial charge in [0.15, 0.2) is 0 Å². The van der Waals surface area contributed by atoms with E-state index in [0.717, 1.165) is 11.3 Å². The van der Waals surface area contributed by atoms with Gasteiger partial charge >= 0.3 is 0 Å². The van der Waals surface area contributed by atoms with E-state index in [9.17, 15) is 4.79 Å². The highest BCUT2D eigenvalue weighted by molar-refractivity contribution is 5.42. The molecule has 0 amide bonds. The van der Waals surface area contributed by atoms with Gasteiger partial charge in [0, 0.05) is 25.1 Å². The molecule has 0 radical (unpaired) electrons. The minimum Gasteiger partial charge on any atom is -0.325 e. The van der Waals surface area contributed by atoms with Crippen molar-refractivity contribution in [2.24, 2.45) is 5.73 Å². The Kier molecular flexibility index (Phi) is 2.85. The first-order valence-corrected chi connectivity index (χ1v) is 5.94. The quantitative estimate of drug-likeness (QED) is 0.734. The Morgan fingerprint density at radius 3 is 2.95 bits per heavy atom. The van der Waals surface area contributed by atoms with Crippen molar-refractivity contribution >= 4 is 5.52 Å². The molecule has 0 aliphatic carbocycles. The molecular formula is C13H13N5O. The summed E-state index contributed by atoms with van der Waals surface area (Å²) in [7, 11) is 0. The molecule has 0 aliphatic heterocycles. The van der Waals surface area contributed by atoms with Gasteiger partial charge in [0.25, 0.3) is 5.56 Å². The van der Waals surface area contributed by atoms with E-state index >= 15 is 0 Å². The number of nitrogens with zero attached hydrogens (tertiary/aromatic N) is 4. The van der Waals surface area contributed by atoms with Gasteiger partial charge in [0.1, 0.15) is 5.52 Å². The number of fused-ring (bicyclic) bond motifs is 1. The summed E-state index contributed by atoms with van der Waals surface area (Å²) in [5.41, 5.74) is 7.88. The second kappa shape index (κ2) is 4.66. The van der Waals surface area contributed by atoms with Crippen LogP contribution < -0.4 is 11.3 Å². The molecule has 3 rings (SSSR count). The molecule has 96 valence electrons. The molecule has 6 nitrogen and oxygen atoms in total. The molecule has 0 saturated carbocycles. The van der Waals surface area contributed by atoms with Crippen molar-refractivity contribution in [1.29, 1.82) is 0 Å². The molecule has 2 N–H and O–H groups in total. The standard InChI is InChI=1S/C13H13N5O/c14-8-11-7-10(1-3-15-11)9-17-5-6-18-12(13(17)19)2-4-16-18/h1-7H,8-9,14H2. The monoisotopic (exact) mass is 255 g/mol. The molecule has 0 atom stereocenters. The second-order valence-electron chi connectivity index (χ2n) is 4.25. The van der Waals surface area contributed by atoms with E-state index in [1.54, 1.807) is 39.9 Å². The highest BCUT2D eigenvalue weighted by Gasteiger charge is 2.04. The number of rotatable bonds is 3. The third-order valence-corrected chi connectivity index (χ3v) is 2.98. The third kappa shape index (κ3) is 2.13. The lowest BCUT2D eigenvalue weighted by Gasteiger charge is -2.07. The van der Waals surface area contributed by atoms with E-state index in [1.807, 2.05) is 12.1 Å². The Hall–Kier alpha value is -2.47. The minimum absolute atomic E-state index is 0.0638. The van der Waals surface area contributed by atoms with E-state index in [0.29, 0.717) is 18.6 Å². The fourth-order valence-electron chi connectivity index (χ4n) is 2.02. The summed E-state index contributed by atoms with van der Waals surface area (Å²) in [4.78, 5) is 16.3. The largest absolute Gasteiger partial charge is 0.325 e. The predicted octanol–water partition coefficient (Wildman–Crippen LogP) is 0.398. The SMILES string of the molecule is NCc1cc(Cn2ccn3nccc3c2=O)ccn1. The molecule has 6 heteroatoms. The van der Waals surface area contributed by atoms with Crippen LogP contribution in [-0.4, -0.2) is 19.2 Å². The first-order valence-electron chi connectivity index (χ1n) is 5.94. The average molecular weight is 255 g/mol. The van der Waals surface area contributed by atoms with Crippen LogP contribution in [0.25, 0.3) is 5.52 Å². The number of nitrogens with two attached hydrogens (primary N) is 1. The normalized spacial score (nSPS) is 11.0. The van der Waals surface area contributed by atoms with Crippen molar-refractivity contribution in [3.63, 3.8) is 0 Å². The van der Waals surface area contributed by atoms with Crippen molar-refractivity contribution < 1.29 is 0 Å². The van der Waals surface area contributed by atoms with Crippen molar-refractivity contribution in [2.75, 3.05) is 0 Å². The maximum atomic E-state index is 12.2. The van der Waals surface area contributed by atoms with Gasteiger partial charge in [0.2, 0.25) is 0 Å². The van der Waals surface area contributed by atoms with Gasteiger partial charge in [-0.25, -0.2) is 4.52 Å². The second-order valence-corrected chi connectivity index (χ2v) is 4.25. The first-order chi connectivity index (χ1) is 9.28. The van der Waals surface area contributed by atoms with Crippen molar-refractivity contribution in [1.82, 2.24) is 19.2 Å². The summed E-state index contributed by atoms with van der Waals surface area (Å²) in [6.45, 7) is 0.889. The summed E-state index contributed by atoms with van der Waals surface area (Å²) in [6.07, 6.45) is 6.81. The summed E-state index contributed by atoms with van der Waals surface area (Å²) >= 11 is 0. The van der Waals surface area contributed by atoms with Gasteiger partial charge in [-0.15, -0.1) is 0 Å². The molecule has 0 aromatic carbocycles. The van der Waals surface area contributed by atoms with E-state index < -0.39 is 0 Å². The minimum atomic E-state index is -0.0638. The van der Waals surface area contributed by atoms with Crippen LogP contribution in [0.15, 0.2) is 47.8 Å². The van der Waals surface area contributed by atoms with Gasteiger partial charge in [0.05, 0.1) is 18.4 Å². The van der Waals surface area contributed by atoms with Crippen LogP contribution in [0.1, 0.15) is 11.3 Å². The van der Waals surface area contributed by atoms with Crippen LogP contribution in [0.4, 0.5) is 0 Å². The number of hydrogen-bond acceptors (Lipinski definition) is 4. The van der Waals surface area contributed by atoms with Crippen LogP contribution in [-0.2, 0) is 13.1 Å². The maximum absolute atomic E-state index is 12.2. The number of aromatic nitrogens is 4. The zero-order valence-corrected chi connectivity index (χ0v) is 10.2. The van der Waals surface area contributed by atoms with Crippen molar-refractivity contribution in [3.05, 3.63) is 64.6 Å². The molecule has 0 bridgehead atoms. The summed E-state index contributed by atoms with van der Waals surface area (Å²) in [5, 5.41) is 4.03. The molecule has 3 aromatic heterocycles. The Morgan fingerprint density at radius 1 is 1.21 bits per heavy atom. The summed E-state index contributed by atoms with van der Waals surface area (Å²) in [6, 6.07) is 5.50.